The lowest BCUT2D eigenvalue weighted by Gasteiger charge is -2.10. The summed E-state index contributed by atoms with van der Waals surface area (Å²) in [6.45, 7) is 6.11. The molecule has 61 valence electrons. The predicted octanol–water partition coefficient (Wildman–Crippen LogP) is 3.93. The Morgan fingerprint density at radius 3 is 2.30 bits per heavy atom. The molecule has 0 spiro atoms. The van der Waals surface area contributed by atoms with Gasteiger partial charge in [-0.15, -0.1) is 0 Å². The van der Waals surface area contributed by atoms with E-state index in [-0.39, 0.29) is 0 Å². The molecule has 0 N–H and O–H groups in total. The van der Waals surface area contributed by atoms with Crippen molar-refractivity contribution < 1.29 is 0 Å². The lowest BCUT2D eigenvalue weighted by atomic mass is 10.1. The average Bonchev–Trinajstić information content (AvgIpc) is 1.88. The molecule has 2 heteroatoms. The summed E-state index contributed by atoms with van der Waals surface area (Å²) < 4.78 is 0. The van der Waals surface area contributed by atoms with Gasteiger partial charge < -0.3 is 0 Å². The Bertz CT molecular complexity index is 71.7. The van der Waals surface area contributed by atoms with Crippen molar-refractivity contribution in [3.63, 3.8) is 0 Å². The summed E-state index contributed by atoms with van der Waals surface area (Å²) in [5, 5.41) is 0. The van der Waals surface area contributed by atoms with Crippen molar-refractivity contribution in [2.75, 3.05) is 0 Å². The third-order valence-electron chi connectivity index (χ3n) is 1.48. The molecule has 0 rings (SSSR count). The van der Waals surface area contributed by atoms with Crippen molar-refractivity contribution in [3.8, 4) is 0 Å². The Balaban J connectivity index is 3.13. The molecule has 0 nitrogen and oxygen atoms in total. The highest BCUT2D eigenvalue weighted by molar-refractivity contribution is 9.12. The van der Waals surface area contributed by atoms with E-state index in [1.807, 2.05) is 0 Å². The number of halogens is 2. The van der Waals surface area contributed by atoms with Gasteiger partial charge in [0.05, 0.1) is 0 Å². The highest BCUT2D eigenvalue weighted by Gasteiger charge is 2.08. The molecule has 0 bridgehead atoms. The highest BCUT2D eigenvalue weighted by Crippen LogP contribution is 2.19. The van der Waals surface area contributed by atoms with Crippen molar-refractivity contribution in [2.45, 2.75) is 42.3 Å². The van der Waals surface area contributed by atoms with Crippen molar-refractivity contribution in [3.05, 3.63) is 6.92 Å². The van der Waals surface area contributed by atoms with Crippen molar-refractivity contribution >= 4 is 31.9 Å². The fraction of sp³-hybridized carbons (Fsp3) is 0.875. The fourth-order valence-corrected chi connectivity index (χ4v) is 1.36. The summed E-state index contributed by atoms with van der Waals surface area (Å²) in [6.07, 6.45) is 5.17. The molecular formula is C8H15Br2. The molecule has 0 aromatic rings. The second-order valence-corrected chi connectivity index (χ2v) is 4.88. The Morgan fingerprint density at radius 1 is 1.30 bits per heavy atom. The van der Waals surface area contributed by atoms with Crippen LogP contribution in [0.15, 0.2) is 0 Å². The van der Waals surface area contributed by atoms with E-state index in [9.17, 15) is 0 Å². The first kappa shape index (κ1) is 11.0. The maximum atomic E-state index is 3.89. The largest absolute Gasteiger partial charge is 0.0879 e. The smallest absolute Gasteiger partial charge is 0.0271 e. The van der Waals surface area contributed by atoms with Gasteiger partial charge in [-0.25, -0.2) is 0 Å². The molecule has 0 aliphatic rings. The summed E-state index contributed by atoms with van der Waals surface area (Å²) in [4.78, 5) is 0.892. The van der Waals surface area contributed by atoms with E-state index in [1.54, 1.807) is 0 Å². The van der Waals surface area contributed by atoms with Crippen molar-refractivity contribution in [2.24, 2.45) is 0 Å². The Hall–Kier alpha value is 0.960. The van der Waals surface area contributed by atoms with E-state index in [0.29, 0.717) is 9.65 Å². The second-order valence-electron chi connectivity index (χ2n) is 2.53. The lowest BCUT2D eigenvalue weighted by molar-refractivity contribution is 0.657. The standard InChI is InChI=1S/C8H15Br2/c1-3-4-5-6-8(10)7(2)9/h7-8H,2-6H2,1H3. The van der Waals surface area contributed by atoms with E-state index in [4.69, 9.17) is 0 Å². The monoisotopic (exact) mass is 269 g/mol. The zero-order valence-electron chi connectivity index (χ0n) is 6.45. The van der Waals surface area contributed by atoms with Crippen LogP contribution in [-0.2, 0) is 0 Å². The number of alkyl halides is 2. The van der Waals surface area contributed by atoms with E-state index >= 15 is 0 Å². The first-order valence-electron chi connectivity index (χ1n) is 3.79. The van der Waals surface area contributed by atoms with Crippen molar-refractivity contribution in [1.82, 2.24) is 0 Å². The molecule has 0 heterocycles. The van der Waals surface area contributed by atoms with E-state index in [0.717, 1.165) is 0 Å². The normalized spacial score (nSPS) is 16.8. The lowest BCUT2D eigenvalue weighted by Crippen LogP contribution is -2.09. The van der Waals surface area contributed by atoms with Gasteiger partial charge in [0.25, 0.3) is 0 Å². The van der Waals surface area contributed by atoms with Gasteiger partial charge in [-0.3, -0.25) is 0 Å². The van der Waals surface area contributed by atoms with Crippen LogP contribution >= 0.6 is 31.9 Å². The zero-order valence-corrected chi connectivity index (χ0v) is 9.62. The Kier molecular flexibility index (Phi) is 7.30. The molecular weight excluding hydrogens is 256 g/mol. The average molecular weight is 271 g/mol. The summed E-state index contributed by atoms with van der Waals surface area (Å²) in [6, 6.07) is 0. The number of hydrogen-bond acceptors (Lipinski definition) is 0. The second kappa shape index (κ2) is 6.66. The molecule has 2 unspecified atom stereocenters. The van der Waals surface area contributed by atoms with Gasteiger partial charge in [-0.1, -0.05) is 58.0 Å². The first-order valence-corrected chi connectivity index (χ1v) is 5.62. The van der Waals surface area contributed by atoms with Crippen LogP contribution in [0.3, 0.4) is 0 Å². The number of hydrogen-bond donors (Lipinski definition) is 0. The summed E-state index contributed by atoms with van der Waals surface area (Å²) >= 11 is 7.00. The predicted molar refractivity (Wildman–Crippen MR) is 54.9 cm³/mol. The van der Waals surface area contributed by atoms with Gasteiger partial charge in [0.2, 0.25) is 0 Å². The first-order chi connectivity index (χ1) is 4.68. The van der Waals surface area contributed by atoms with Crippen molar-refractivity contribution in [1.29, 1.82) is 0 Å². The molecule has 0 saturated heterocycles. The SMILES string of the molecule is [CH2]C(Br)C(Br)CCCCC. The van der Waals surface area contributed by atoms with Crippen LogP contribution in [0.2, 0.25) is 0 Å². The van der Waals surface area contributed by atoms with Crippen LogP contribution in [0, 0.1) is 6.92 Å². The minimum absolute atomic E-state index is 0.351. The van der Waals surface area contributed by atoms with Crippen LogP contribution in [-0.4, -0.2) is 9.65 Å². The number of unbranched alkanes of at least 4 members (excludes halogenated alkanes) is 2. The van der Waals surface area contributed by atoms with Crippen LogP contribution in [0.5, 0.6) is 0 Å². The molecule has 2 atom stereocenters. The molecule has 0 aliphatic heterocycles. The molecule has 0 aliphatic carbocycles. The molecule has 0 aromatic carbocycles. The minimum atomic E-state index is 0.351. The van der Waals surface area contributed by atoms with E-state index < -0.39 is 0 Å². The molecule has 0 amide bonds. The molecule has 0 fully saturated rings. The summed E-state index contributed by atoms with van der Waals surface area (Å²) in [7, 11) is 0. The quantitative estimate of drug-likeness (QED) is 0.525. The highest BCUT2D eigenvalue weighted by atomic mass is 79.9. The molecule has 0 aromatic heterocycles. The van der Waals surface area contributed by atoms with Gasteiger partial charge in [0.15, 0.2) is 0 Å². The molecule has 0 saturated carbocycles. The summed E-state index contributed by atoms with van der Waals surface area (Å²) in [5.74, 6) is 0. The van der Waals surface area contributed by atoms with Gasteiger partial charge in [-0.05, 0) is 13.3 Å². The van der Waals surface area contributed by atoms with E-state index in [2.05, 4.69) is 45.7 Å². The third kappa shape index (κ3) is 5.72. The van der Waals surface area contributed by atoms with Gasteiger partial charge in [-0.2, -0.15) is 0 Å². The van der Waals surface area contributed by atoms with E-state index in [1.165, 1.54) is 25.7 Å². The number of rotatable bonds is 5. The molecule has 1 radical (unpaired) electrons. The Labute approximate surface area is 81.0 Å². The molecule has 10 heavy (non-hydrogen) atoms. The van der Waals surface area contributed by atoms with Crippen LogP contribution < -0.4 is 0 Å². The van der Waals surface area contributed by atoms with Crippen LogP contribution in [0.4, 0.5) is 0 Å². The maximum absolute atomic E-state index is 3.89. The van der Waals surface area contributed by atoms with Crippen LogP contribution in [0.25, 0.3) is 0 Å². The van der Waals surface area contributed by atoms with Gasteiger partial charge in [0, 0.05) is 9.65 Å². The van der Waals surface area contributed by atoms with Gasteiger partial charge in [0.1, 0.15) is 0 Å². The zero-order chi connectivity index (χ0) is 7.98. The summed E-state index contributed by atoms with van der Waals surface area (Å²) in [5.41, 5.74) is 0. The van der Waals surface area contributed by atoms with Gasteiger partial charge >= 0.3 is 0 Å². The maximum Gasteiger partial charge on any atom is 0.0271 e. The minimum Gasteiger partial charge on any atom is -0.0879 e. The topological polar surface area (TPSA) is 0 Å². The Morgan fingerprint density at radius 2 is 1.90 bits per heavy atom. The van der Waals surface area contributed by atoms with Crippen LogP contribution in [0.1, 0.15) is 32.6 Å². The third-order valence-corrected chi connectivity index (χ3v) is 3.92. The fourth-order valence-electron chi connectivity index (χ4n) is 0.770.